The number of carbonyl (C=O) groups excluding carboxylic acids is 1. The first-order valence-electron chi connectivity index (χ1n) is 8.28. The van der Waals surface area contributed by atoms with Gasteiger partial charge in [-0.2, -0.15) is 0 Å². The fourth-order valence-electron chi connectivity index (χ4n) is 3.28. The first-order chi connectivity index (χ1) is 12.7. The van der Waals surface area contributed by atoms with E-state index < -0.39 is 0 Å². The lowest BCUT2D eigenvalue weighted by molar-refractivity contribution is 0.0634. The molecule has 1 saturated heterocycles. The molecule has 5 heterocycles. The smallest absolute Gasteiger partial charge is 0.264 e. The van der Waals surface area contributed by atoms with E-state index in [0.29, 0.717) is 0 Å². The van der Waals surface area contributed by atoms with Crippen LogP contribution in [-0.4, -0.2) is 51.3 Å². The molecule has 4 aromatic rings. The van der Waals surface area contributed by atoms with Crippen LogP contribution in [0.5, 0.6) is 0 Å². The maximum atomic E-state index is 12.9. The number of hydrogen-bond donors (Lipinski definition) is 0. The number of aromatic nitrogens is 2. The molecule has 26 heavy (non-hydrogen) atoms. The van der Waals surface area contributed by atoms with Gasteiger partial charge in [0.05, 0.1) is 14.2 Å². The summed E-state index contributed by atoms with van der Waals surface area (Å²) in [4.78, 5) is 26.0. The van der Waals surface area contributed by atoms with Crippen molar-refractivity contribution < 1.29 is 4.79 Å². The third-order valence-corrected chi connectivity index (χ3v) is 7.99. The van der Waals surface area contributed by atoms with Gasteiger partial charge in [0.1, 0.15) is 4.83 Å². The molecule has 9 heteroatoms. The molecule has 0 atom stereocenters. The molecular formula is C17H15BrN4OS3. The Kier molecular flexibility index (Phi) is 4.36. The standard InChI is InChI=1S/C17H15BrN4OS3/c18-14-2-1-11(25-14)10-20-3-5-21(6-4-20)16(23)13-9-12-15(26-13)19-17-22(12)7-8-24-17/h1-2,7-9H,3-6,10H2. The number of piperazine rings is 1. The normalized spacial score (nSPS) is 16.1. The zero-order valence-corrected chi connectivity index (χ0v) is 17.8. The Balaban J connectivity index is 1.27. The Morgan fingerprint density at radius 1 is 1.19 bits per heavy atom. The topological polar surface area (TPSA) is 40.9 Å². The van der Waals surface area contributed by atoms with E-state index in [1.54, 1.807) is 22.7 Å². The highest BCUT2D eigenvalue weighted by Gasteiger charge is 2.24. The van der Waals surface area contributed by atoms with Crippen molar-refractivity contribution in [2.75, 3.05) is 26.2 Å². The van der Waals surface area contributed by atoms with Crippen LogP contribution < -0.4 is 0 Å². The third-order valence-electron chi connectivity index (χ3n) is 4.62. The average Bonchev–Trinajstić information content (AvgIpc) is 3.37. The van der Waals surface area contributed by atoms with Gasteiger partial charge in [0.2, 0.25) is 0 Å². The van der Waals surface area contributed by atoms with Gasteiger partial charge >= 0.3 is 0 Å². The fourth-order valence-corrected chi connectivity index (χ4v) is 6.57. The van der Waals surface area contributed by atoms with Crippen LogP contribution >= 0.6 is 49.9 Å². The molecule has 1 fully saturated rings. The van der Waals surface area contributed by atoms with Gasteiger partial charge in [0.25, 0.3) is 5.91 Å². The maximum absolute atomic E-state index is 12.9. The van der Waals surface area contributed by atoms with E-state index in [9.17, 15) is 4.79 Å². The third kappa shape index (κ3) is 3.01. The van der Waals surface area contributed by atoms with Crippen molar-refractivity contribution in [1.82, 2.24) is 19.2 Å². The Labute approximate surface area is 170 Å². The lowest BCUT2D eigenvalue weighted by atomic mass is 10.2. The fraction of sp³-hybridized carbons (Fsp3) is 0.294. The largest absolute Gasteiger partial charge is 0.335 e. The monoisotopic (exact) mass is 466 g/mol. The van der Waals surface area contributed by atoms with E-state index >= 15 is 0 Å². The summed E-state index contributed by atoms with van der Waals surface area (Å²) in [5.41, 5.74) is 1.04. The number of fused-ring (bicyclic) bond motifs is 3. The molecule has 0 spiro atoms. The number of carbonyl (C=O) groups is 1. The molecule has 0 aromatic carbocycles. The molecule has 5 nitrogen and oxygen atoms in total. The highest BCUT2D eigenvalue weighted by Crippen LogP contribution is 2.29. The summed E-state index contributed by atoms with van der Waals surface area (Å²) in [6.45, 7) is 4.35. The summed E-state index contributed by atoms with van der Waals surface area (Å²) < 4.78 is 3.23. The SMILES string of the molecule is O=C(c1cc2c(nc3sccn32)s1)N1CCN(Cc2ccc(Br)s2)CC1. The van der Waals surface area contributed by atoms with Crippen molar-refractivity contribution >= 4 is 71.2 Å². The van der Waals surface area contributed by atoms with Crippen LogP contribution in [0.2, 0.25) is 0 Å². The first-order valence-corrected chi connectivity index (χ1v) is 11.6. The maximum Gasteiger partial charge on any atom is 0.264 e. The summed E-state index contributed by atoms with van der Waals surface area (Å²) in [7, 11) is 0. The van der Waals surface area contributed by atoms with Crippen molar-refractivity contribution in [3.63, 3.8) is 0 Å². The zero-order valence-electron chi connectivity index (χ0n) is 13.7. The van der Waals surface area contributed by atoms with Gasteiger partial charge in [-0.15, -0.1) is 34.0 Å². The van der Waals surface area contributed by atoms with Gasteiger partial charge in [-0.3, -0.25) is 14.1 Å². The lowest BCUT2D eigenvalue weighted by Crippen LogP contribution is -2.48. The van der Waals surface area contributed by atoms with E-state index in [4.69, 9.17) is 0 Å². The molecule has 4 aromatic heterocycles. The van der Waals surface area contributed by atoms with Gasteiger partial charge in [0.15, 0.2) is 4.96 Å². The van der Waals surface area contributed by atoms with Crippen molar-refractivity contribution in [3.8, 4) is 0 Å². The number of hydrogen-bond acceptors (Lipinski definition) is 6. The molecule has 0 radical (unpaired) electrons. The van der Waals surface area contributed by atoms with Gasteiger partial charge in [-0.25, -0.2) is 4.98 Å². The van der Waals surface area contributed by atoms with Crippen molar-refractivity contribution in [2.45, 2.75) is 6.54 Å². The number of thiazole rings is 1. The van der Waals surface area contributed by atoms with Crippen LogP contribution in [-0.2, 0) is 6.54 Å². The van der Waals surface area contributed by atoms with Crippen LogP contribution in [0.1, 0.15) is 14.5 Å². The summed E-state index contributed by atoms with van der Waals surface area (Å²) in [5.74, 6) is 0.135. The Hall–Kier alpha value is -1.26. The minimum Gasteiger partial charge on any atom is -0.335 e. The van der Waals surface area contributed by atoms with Crippen molar-refractivity contribution in [1.29, 1.82) is 0 Å². The molecule has 0 unspecified atom stereocenters. The molecule has 1 amide bonds. The lowest BCUT2D eigenvalue weighted by Gasteiger charge is -2.34. The van der Waals surface area contributed by atoms with Crippen molar-refractivity contribution in [3.05, 3.63) is 43.3 Å². The predicted octanol–water partition coefficient (Wildman–Crippen LogP) is 4.39. The number of imidazole rings is 1. The van der Waals surface area contributed by atoms with Crippen LogP contribution in [0.3, 0.4) is 0 Å². The van der Waals surface area contributed by atoms with Gasteiger partial charge in [0, 0.05) is 49.2 Å². The van der Waals surface area contributed by atoms with Gasteiger partial charge < -0.3 is 4.90 Å². The molecule has 0 saturated carbocycles. The number of amides is 1. The Bertz CT molecular complexity index is 1090. The predicted molar refractivity (Wildman–Crippen MR) is 112 cm³/mol. The summed E-state index contributed by atoms with van der Waals surface area (Å²) in [6, 6.07) is 6.25. The second-order valence-corrected chi connectivity index (χ2v) is 10.7. The van der Waals surface area contributed by atoms with Crippen LogP contribution in [0.25, 0.3) is 15.3 Å². The van der Waals surface area contributed by atoms with E-state index in [1.165, 1.54) is 20.0 Å². The summed E-state index contributed by atoms with van der Waals surface area (Å²) in [5, 5.41) is 2.02. The van der Waals surface area contributed by atoms with Crippen LogP contribution in [0.4, 0.5) is 0 Å². The number of halogens is 1. The number of nitrogens with zero attached hydrogens (tertiary/aromatic N) is 4. The molecule has 5 rings (SSSR count). The van der Waals surface area contributed by atoms with E-state index in [0.717, 1.165) is 52.9 Å². The molecule has 1 aliphatic heterocycles. The second kappa shape index (κ2) is 6.72. The zero-order chi connectivity index (χ0) is 17.7. The summed E-state index contributed by atoms with van der Waals surface area (Å²) >= 11 is 8.41. The first kappa shape index (κ1) is 16.9. The molecular weight excluding hydrogens is 452 g/mol. The second-order valence-electron chi connectivity index (χ2n) is 6.24. The van der Waals surface area contributed by atoms with E-state index in [1.807, 2.05) is 22.5 Å². The van der Waals surface area contributed by atoms with E-state index in [-0.39, 0.29) is 5.91 Å². The summed E-state index contributed by atoms with van der Waals surface area (Å²) in [6.07, 6.45) is 2.01. The Morgan fingerprint density at radius 3 is 2.81 bits per heavy atom. The highest BCUT2D eigenvalue weighted by molar-refractivity contribution is 9.11. The quantitative estimate of drug-likeness (QED) is 0.449. The molecule has 0 aliphatic carbocycles. The number of rotatable bonds is 3. The molecule has 134 valence electrons. The minimum atomic E-state index is 0.135. The number of thiophene rings is 2. The van der Waals surface area contributed by atoms with Crippen LogP contribution in [0.15, 0.2) is 33.6 Å². The van der Waals surface area contributed by atoms with Gasteiger partial charge in [-0.1, -0.05) is 0 Å². The molecule has 0 bridgehead atoms. The molecule has 1 aliphatic rings. The average molecular weight is 467 g/mol. The highest BCUT2D eigenvalue weighted by atomic mass is 79.9. The Morgan fingerprint density at radius 2 is 2.04 bits per heavy atom. The minimum absolute atomic E-state index is 0.135. The van der Waals surface area contributed by atoms with Gasteiger partial charge in [-0.05, 0) is 34.1 Å². The van der Waals surface area contributed by atoms with Crippen LogP contribution in [0, 0.1) is 0 Å². The molecule has 0 N–H and O–H groups in total. The van der Waals surface area contributed by atoms with Crippen molar-refractivity contribution in [2.24, 2.45) is 0 Å². The van der Waals surface area contributed by atoms with E-state index in [2.05, 4.69) is 42.3 Å².